The van der Waals surface area contributed by atoms with E-state index in [4.69, 9.17) is 9.72 Å². The van der Waals surface area contributed by atoms with E-state index in [1.165, 1.54) is 0 Å². The summed E-state index contributed by atoms with van der Waals surface area (Å²) in [6.07, 6.45) is 0. The van der Waals surface area contributed by atoms with Crippen LogP contribution in [-0.4, -0.2) is 47.1 Å². The fraction of sp³-hybridized carbons (Fsp3) is 0.211. The first-order valence-electron chi connectivity index (χ1n) is 8.02. The zero-order chi connectivity index (χ0) is 16.4. The molecule has 0 spiro atoms. The molecular formula is C19H17N3O2. The maximum atomic E-state index is 13.0. The molecule has 0 radical (unpaired) electrons. The average Bonchev–Trinajstić information content (AvgIpc) is 2.68. The van der Waals surface area contributed by atoms with Gasteiger partial charge in [0.15, 0.2) is 5.69 Å². The van der Waals surface area contributed by atoms with Crippen LogP contribution in [-0.2, 0) is 4.74 Å². The molecule has 120 valence electrons. The van der Waals surface area contributed by atoms with Gasteiger partial charge < -0.3 is 9.64 Å². The topological polar surface area (TPSA) is 55.3 Å². The minimum absolute atomic E-state index is 0.0876. The molecule has 2 aromatic carbocycles. The minimum Gasteiger partial charge on any atom is -0.378 e. The zero-order valence-corrected chi connectivity index (χ0v) is 13.2. The average molecular weight is 319 g/mol. The summed E-state index contributed by atoms with van der Waals surface area (Å²) in [6.45, 7) is 2.30. The number of ether oxygens (including phenoxy) is 1. The molecule has 1 aliphatic rings. The highest BCUT2D eigenvalue weighted by atomic mass is 16.5. The summed E-state index contributed by atoms with van der Waals surface area (Å²) in [4.78, 5) is 24.1. The quantitative estimate of drug-likeness (QED) is 0.729. The van der Waals surface area contributed by atoms with Crippen LogP contribution in [0.25, 0.3) is 22.3 Å². The number of para-hydroxylation sites is 2. The summed E-state index contributed by atoms with van der Waals surface area (Å²) in [5, 5.41) is 0. The van der Waals surface area contributed by atoms with Crippen molar-refractivity contribution in [3.63, 3.8) is 0 Å². The van der Waals surface area contributed by atoms with Crippen molar-refractivity contribution in [2.75, 3.05) is 26.3 Å². The Kier molecular flexibility index (Phi) is 3.92. The van der Waals surface area contributed by atoms with Crippen LogP contribution in [0.4, 0.5) is 0 Å². The van der Waals surface area contributed by atoms with Crippen LogP contribution in [0, 0.1) is 0 Å². The summed E-state index contributed by atoms with van der Waals surface area (Å²) < 4.78 is 5.34. The van der Waals surface area contributed by atoms with Gasteiger partial charge in [0, 0.05) is 18.7 Å². The third-order valence-electron chi connectivity index (χ3n) is 4.12. The maximum Gasteiger partial charge on any atom is 0.274 e. The first-order valence-corrected chi connectivity index (χ1v) is 8.02. The lowest BCUT2D eigenvalue weighted by Crippen LogP contribution is -2.41. The van der Waals surface area contributed by atoms with E-state index < -0.39 is 0 Å². The van der Waals surface area contributed by atoms with Crippen LogP contribution in [0.2, 0.25) is 0 Å². The van der Waals surface area contributed by atoms with Crippen molar-refractivity contribution in [3.8, 4) is 11.3 Å². The van der Waals surface area contributed by atoms with Crippen LogP contribution < -0.4 is 0 Å². The molecule has 1 saturated heterocycles. The zero-order valence-electron chi connectivity index (χ0n) is 13.2. The Balaban J connectivity index is 1.86. The summed E-state index contributed by atoms with van der Waals surface area (Å²) in [6, 6.07) is 17.4. The van der Waals surface area contributed by atoms with Gasteiger partial charge in [-0.25, -0.2) is 9.97 Å². The predicted octanol–water partition coefficient (Wildman–Crippen LogP) is 2.77. The SMILES string of the molecule is O=C(c1nc2ccccc2nc1-c1ccccc1)N1CCOCC1. The number of morpholine rings is 1. The fourth-order valence-corrected chi connectivity index (χ4v) is 2.86. The van der Waals surface area contributed by atoms with Crippen LogP contribution in [0.1, 0.15) is 10.5 Å². The van der Waals surface area contributed by atoms with Gasteiger partial charge in [-0.1, -0.05) is 42.5 Å². The van der Waals surface area contributed by atoms with E-state index in [0.29, 0.717) is 37.7 Å². The smallest absolute Gasteiger partial charge is 0.274 e. The second-order valence-electron chi connectivity index (χ2n) is 5.68. The van der Waals surface area contributed by atoms with Crippen molar-refractivity contribution in [1.82, 2.24) is 14.9 Å². The van der Waals surface area contributed by atoms with Gasteiger partial charge in [-0.05, 0) is 12.1 Å². The van der Waals surface area contributed by atoms with Crippen LogP contribution >= 0.6 is 0 Å². The molecule has 0 atom stereocenters. The number of amides is 1. The van der Waals surface area contributed by atoms with Gasteiger partial charge in [-0.3, -0.25) is 4.79 Å². The standard InChI is InChI=1S/C19H17N3O2/c23-19(22-10-12-24-13-11-22)18-17(14-6-2-1-3-7-14)20-15-8-4-5-9-16(15)21-18/h1-9H,10-13H2. The van der Waals surface area contributed by atoms with Gasteiger partial charge >= 0.3 is 0 Å². The van der Waals surface area contributed by atoms with Crippen molar-refractivity contribution in [2.45, 2.75) is 0 Å². The highest BCUT2D eigenvalue weighted by Gasteiger charge is 2.24. The number of hydrogen-bond acceptors (Lipinski definition) is 4. The van der Waals surface area contributed by atoms with Crippen molar-refractivity contribution in [3.05, 3.63) is 60.3 Å². The Labute approximate surface area is 139 Å². The number of nitrogens with zero attached hydrogens (tertiary/aromatic N) is 3. The van der Waals surface area contributed by atoms with Crippen LogP contribution in [0.15, 0.2) is 54.6 Å². The van der Waals surface area contributed by atoms with E-state index in [-0.39, 0.29) is 5.91 Å². The van der Waals surface area contributed by atoms with Gasteiger partial charge in [-0.15, -0.1) is 0 Å². The van der Waals surface area contributed by atoms with Crippen molar-refractivity contribution in [2.24, 2.45) is 0 Å². The molecule has 0 aliphatic carbocycles. The predicted molar refractivity (Wildman–Crippen MR) is 91.7 cm³/mol. The Morgan fingerprint density at radius 2 is 1.50 bits per heavy atom. The lowest BCUT2D eigenvalue weighted by atomic mass is 10.1. The van der Waals surface area contributed by atoms with E-state index >= 15 is 0 Å². The number of rotatable bonds is 2. The van der Waals surface area contributed by atoms with E-state index in [9.17, 15) is 4.79 Å². The molecule has 1 fully saturated rings. The number of benzene rings is 2. The van der Waals surface area contributed by atoms with Crippen molar-refractivity contribution < 1.29 is 9.53 Å². The lowest BCUT2D eigenvalue weighted by molar-refractivity contribution is 0.0299. The van der Waals surface area contributed by atoms with E-state index in [2.05, 4.69) is 4.98 Å². The lowest BCUT2D eigenvalue weighted by Gasteiger charge is -2.27. The van der Waals surface area contributed by atoms with Gasteiger partial charge in [-0.2, -0.15) is 0 Å². The first-order chi connectivity index (χ1) is 11.8. The van der Waals surface area contributed by atoms with Gasteiger partial charge in [0.25, 0.3) is 5.91 Å². The molecule has 5 nitrogen and oxygen atoms in total. The van der Waals surface area contributed by atoms with Crippen molar-refractivity contribution >= 4 is 16.9 Å². The summed E-state index contributed by atoms with van der Waals surface area (Å²) in [5.41, 5.74) is 3.45. The molecule has 3 aromatic rings. The minimum atomic E-state index is -0.0876. The Morgan fingerprint density at radius 1 is 0.875 bits per heavy atom. The highest BCUT2D eigenvalue weighted by Crippen LogP contribution is 2.24. The Morgan fingerprint density at radius 3 is 2.21 bits per heavy atom. The molecular weight excluding hydrogens is 302 g/mol. The second kappa shape index (κ2) is 6.37. The summed E-state index contributed by atoms with van der Waals surface area (Å²) >= 11 is 0. The van der Waals surface area contributed by atoms with Crippen molar-refractivity contribution in [1.29, 1.82) is 0 Å². The number of aromatic nitrogens is 2. The maximum absolute atomic E-state index is 13.0. The van der Waals surface area contributed by atoms with Gasteiger partial charge in [0.05, 0.1) is 24.2 Å². The number of fused-ring (bicyclic) bond motifs is 1. The molecule has 1 aromatic heterocycles. The molecule has 4 rings (SSSR count). The molecule has 1 amide bonds. The third-order valence-corrected chi connectivity index (χ3v) is 4.12. The number of hydrogen-bond donors (Lipinski definition) is 0. The number of carbonyl (C=O) groups excluding carboxylic acids is 1. The van der Waals surface area contributed by atoms with Crippen LogP contribution in [0.3, 0.4) is 0 Å². The molecule has 1 aliphatic heterocycles. The summed E-state index contributed by atoms with van der Waals surface area (Å²) in [7, 11) is 0. The number of carbonyl (C=O) groups is 1. The Hall–Kier alpha value is -2.79. The molecule has 0 bridgehead atoms. The highest BCUT2D eigenvalue weighted by molar-refractivity contribution is 6.00. The molecule has 5 heteroatoms. The first kappa shape index (κ1) is 14.8. The molecule has 2 heterocycles. The monoisotopic (exact) mass is 319 g/mol. The molecule has 0 N–H and O–H groups in total. The van der Waals surface area contributed by atoms with E-state index in [0.717, 1.165) is 16.6 Å². The van der Waals surface area contributed by atoms with Gasteiger partial charge in [0.1, 0.15) is 5.69 Å². The van der Waals surface area contributed by atoms with E-state index in [1.54, 1.807) is 4.90 Å². The molecule has 24 heavy (non-hydrogen) atoms. The van der Waals surface area contributed by atoms with Crippen LogP contribution in [0.5, 0.6) is 0 Å². The third kappa shape index (κ3) is 2.74. The second-order valence-corrected chi connectivity index (χ2v) is 5.68. The molecule has 0 unspecified atom stereocenters. The van der Waals surface area contributed by atoms with Gasteiger partial charge in [0.2, 0.25) is 0 Å². The largest absolute Gasteiger partial charge is 0.378 e. The molecule has 0 saturated carbocycles. The fourth-order valence-electron chi connectivity index (χ4n) is 2.86. The van der Waals surface area contributed by atoms with E-state index in [1.807, 2.05) is 54.6 Å². The summed E-state index contributed by atoms with van der Waals surface area (Å²) in [5.74, 6) is -0.0876. The normalized spacial score (nSPS) is 14.8. The Bertz CT molecular complexity index is 874.